The molecule has 4 atom stereocenters. The Hall–Kier alpha value is -1.49. The molecule has 0 aromatic heterocycles. The molecule has 1 fully saturated rings. The molecule has 1 N–H and O–H groups in total. The number of carbonyl (C=O) groups excluding carboxylic acids is 2. The van der Waals surface area contributed by atoms with E-state index >= 15 is 0 Å². The highest BCUT2D eigenvalue weighted by Crippen LogP contribution is 2.29. The summed E-state index contributed by atoms with van der Waals surface area (Å²) >= 11 is 1.49. The smallest absolute Gasteiger partial charge is 0.340 e. The second-order valence-corrected chi connectivity index (χ2v) is 7.48. The van der Waals surface area contributed by atoms with E-state index in [1.165, 1.54) is 18.2 Å². The number of hydrogen-bond donors (Lipinski definition) is 1. The molecule has 24 heavy (non-hydrogen) atoms. The maximum atomic E-state index is 12.4. The van der Waals surface area contributed by atoms with Crippen LogP contribution in [0.25, 0.3) is 0 Å². The Labute approximate surface area is 148 Å². The minimum atomic E-state index is -0.795. The molecule has 0 saturated heterocycles. The van der Waals surface area contributed by atoms with Crippen molar-refractivity contribution in [1.82, 2.24) is 5.32 Å². The van der Waals surface area contributed by atoms with Crippen LogP contribution in [-0.2, 0) is 9.53 Å². The van der Waals surface area contributed by atoms with Crippen molar-refractivity contribution in [2.24, 2.45) is 11.8 Å². The number of carbonyl (C=O) groups is 2. The fourth-order valence-electron chi connectivity index (χ4n) is 3.18. The van der Waals surface area contributed by atoms with Crippen LogP contribution in [0, 0.1) is 11.8 Å². The highest BCUT2D eigenvalue weighted by Gasteiger charge is 2.30. The zero-order chi connectivity index (χ0) is 17.7. The molecule has 0 heterocycles. The molecule has 0 bridgehead atoms. The Kier molecular flexibility index (Phi) is 6.72. The van der Waals surface area contributed by atoms with Gasteiger partial charge in [0.05, 0.1) is 5.56 Å². The van der Waals surface area contributed by atoms with Crippen molar-refractivity contribution >= 4 is 23.6 Å². The topological polar surface area (TPSA) is 55.4 Å². The molecule has 1 saturated carbocycles. The van der Waals surface area contributed by atoms with E-state index in [-0.39, 0.29) is 11.9 Å². The van der Waals surface area contributed by atoms with E-state index in [1.807, 2.05) is 18.4 Å². The van der Waals surface area contributed by atoms with Crippen LogP contribution < -0.4 is 5.32 Å². The molecule has 2 rings (SSSR count). The van der Waals surface area contributed by atoms with Crippen molar-refractivity contribution in [3.8, 4) is 0 Å². The van der Waals surface area contributed by atoms with Crippen LogP contribution in [0.1, 0.15) is 50.4 Å². The number of ether oxygens (including phenoxy) is 1. The molecule has 0 aliphatic heterocycles. The molecule has 1 aliphatic carbocycles. The second-order valence-electron chi connectivity index (χ2n) is 6.63. The highest BCUT2D eigenvalue weighted by atomic mass is 32.2. The third-order valence-corrected chi connectivity index (χ3v) is 5.81. The first-order chi connectivity index (χ1) is 11.4. The average molecular weight is 349 g/mol. The first-order valence-corrected chi connectivity index (χ1v) is 9.81. The summed E-state index contributed by atoms with van der Waals surface area (Å²) in [6.07, 6.45) is 4.45. The van der Waals surface area contributed by atoms with Gasteiger partial charge in [-0.2, -0.15) is 0 Å². The Bertz CT molecular complexity index is 590. The lowest BCUT2D eigenvalue weighted by atomic mass is 9.78. The third kappa shape index (κ3) is 4.53. The molecule has 1 aromatic rings. The van der Waals surface area contributed by atoms with E-state index in [0.717, 1.165) is 17.7 Å². The number of thioether (sulfide) groups is 1. The van der Waals surface area contributed by atoms with Crippen LogP contribution in [0.5, 0.6) is 0 Å². The van der Waals surface area contributed by atoms with Crippen LogP contribution in [0.3, 0.4) is 0 Å². The molecule has 0 radical (unpaired) electrons. The minimum absolute atomic E-state index is 0.167. The van der Waals surface area contributed by atoms with E-state index in [2.05, 4.69) is 19.2 Å². The maximum Gasteiger partial charge on any atom is 0.340 e. The monoisotopic (exact) mass is 349 g/mol. The van der Waals surface area contributed by atoms with Crippen molar-refractivity contribution in [2.45, 2.75) is 57.1 Å². The number of benzene rings is 1. The highest BCUT2D eigenvalue weighted by molar-refractivity contribution is 7.98. The SMILES string of the molecule is CSc1ccccc1C(=O)O[C@H](C)C(=O)N[C@H]1CCC[C@@H](C)[C@H]1C. The molecular formula is C19H27NO3S. The zero-order valence-corrected chi connectivity index (χ0v) is 15.7. The maximum absolute atomic E-state index is 12.4. The Balaban J connectivity index is 1.95. The summed E-state index contributed by atoms with van der Waals surface area (Å²) in [4.78, 5) is 25.6. The van der Waals surface area contributed by atoms with Crippen molar-refractivity contribution in [3.63, 3.8) is 0 Å². The lowest BCUT2D eigenvalue weighted by Crippen LogP contribution is -2.47. The summed E-state index contributed by atoms with van der Waals surface area (Å²) in [5.74, 6) is 0.391. The number of esters is 1. The number of amides is 1. The van der Waals surface area contributed by atoms with Gasteiger partial charge in [-0.05, 0) is 43.6 Å². The summed E-state index contributed by atoms with van der Waals surface area (Å²) in [5, 5.41) is 3.06. The van der Waals surface area contributed by atoms with Crippen LogP contribution >= 0.6 is 11.8 Å². The van der Waals surface area contributed by atoms with Crippen molar-refractivity contribution in [2.75, 3.05) is 6.26 Å². The standard InChI is InChI=1S/C19H27NO3S/c1-12-8-7-10-16(13(12)2)20-18(21)14(3)23-19(22)15-9-5-6-11-17(15)24-4/h5-6,9,11-14,16H,7-8,10H2,1-4H3,(H,20,21)/t12-,13-,14-,16+/m1/s1. The molecule has 0 unspecified atom stereocenters. The van der Waals surface area contributed by atoms with Gasteiger partial charge in [-0.15, -0.1) is 11.8 Å². The van der Waals surface area contributed by atoms with Crippen molar-refractivity contribution in [1.29, 1.82) is 0 Å². The van der Waals surface area contributed by atoms with Gasteiger partial charge in [-0.25, -0.2) is 4.79 Å². The summed E-state index contributed by atoms with van der Waals surface area (Å²) in [6.45, 7) is 6.04. The average Bonchev–Trinajstić information content (AvgIpc) is 2.58. The second kappa shape index (κ2) is 8.56. The largest absolute Gasteiger partial charge is 0.449 e. The Morgan fingerprint density at radius 1 is 1.25 bits per heavy atom. The fourth-order valence-corrected chi connectivity index (χ4v) is 3.76. The first-order valence-electron chi connectivity index (χ1n) is 8.58. The summed E-state index contributed by atoms with van der Waals surface area (Å²) in [7, 11) is 0. The lowest BCUT2D eigenvalue weighted by Gasteiger charge is -2.35. The van der Waals surface area contributed by atoms with Crippen LogP contribution in [0.4, 0.5) is 0 Å². The normalized spacial score (nSPS) is 24.9. The molecule has 0 spiro atoms. The summed E-state index contributed by atoms with van der Waals surface area (Å²) in [5.41, 5.74) is 0.504. The van der Waals surface area contributed by atoms with Gasteiger partial charge >= 0.3 is 5.97 Å². The van der Waals surface area contributed by atoms with Gasteiger partial charge in [0.1, 0.15) is 0 Å². The summed E-state index contributed by atoms with van der Waals surface area (Å²) < 4.78 is 5.38. The molecule has 5 heteroatoms. The predicted molar refractivity (Wildman–Crippen MR) is 97.2 cm³/mol. The van der Waals surface area contributed by atoms with Gasteiger partial charge in [-0.3, -0.25) is 4.79 Å². The van der Waals surface area contributed by atoms with Crippen molar-refractivity contribution < 1.29 is 14.3 Å². The van der Waals surface area contributed by atoms with Gasteiger partial charge < -0.3 is 10.1 Å². The van der Waals surface area contributed by atoms with E-state index in [1.54, 1.807) is 19.1 Å². The van der Waals surface area contributed by atoms with Gasteiger partial charge in [-0.1, -0.05) is 38.8 Å². The van der Waals surface area contributed by atoms with Crippen LogP contribution in [0.2, 0.25) is 0 Å². The molecular weight excluding hydrogens is 322 g/mol. The molecule has 1 amide bonds. The Morgan fingerprint density at radius 2 is 1.96 bits per heavy atom. The third-order valence-electron chi connectivity index (χ3n) is 5.01. The van der Waals surface area contributed by atoms with Gasteiger partial charge in [0.25, 0.3) is 5.91 Å². The van der Waals surface area contributed by atoms with Crippen LogP contribution in [-0.4, -0.2) is 30.3 Å². The minimum Gasteiger partial charge on any atom is -0.449 e. The zero-order valence-electron chi connectivity index (χ0n) is 14.9. The first kappa shape index (κ1) is 18.8. The molecule has 132 valence electrons. The molecule has 4 nitrogen and oxygen atoms in total. The van der Waals surface area contributed by atoms with Crippen LogP contribution in [0.15, 0.2) is 29.2 Å². The fraction of sp³-hybridized carbons (Fsp3) is 0.579. The number of nitrogens with one attached hydrogen (secondary N) is 1. The van der Waals surface area contributed by atoms with E-state index in [4.69, 9.17) is 4.74 Å². The Morgan fingerprint density at radius 3 is 2.67 bits per heavy atom. The van der Waals surface area contributed by atoms with E-state index in [0.29, 0.717) is 17.4 Å². The number of hydrogen-bond acceptors (Lipinski definition) is 4. The van der Waals surface area contributed by atoms with E-state index < -0.39 is 12.1 Å². The molecule has 1 aromatic carbocycles. The van der Waals surface area contributed by atoms with Gasteiger partial charge in [0, 0.05) is 10.9 Å². The molecule has 1 aliphatic rings. The number of rotatable bonds is 5. The summed E-state index contributed by atoms with van der Waals surface area (Å²) in [6, 6.07) is 7.44. The lowest BCUT2D eigenvalue weighted by molar-refractivity contribution is -0.130. The van der Waals surface area contributed by atoms with Gasteiger partial charge in [0.2, 0.25) is 0 Å². The van der Waals surface area contributed by atoms with Gasteiger partial charge in [0.15, 0.2) is 6.10 Å². The van der Waals surface area contributed by atoms with E-state index in [9.17, 15) is 9.59 Å². The van der Waals surface area contributed by atoms with Crippen molar-refractivity contribution in [3.05, 3.63) is 29.8 Å². The quantitative estimate of drug-likeness (QED) is 0.647. The predicted octanol–water partition coefficient (Wildman–Crippen LogP) is 3.89.